The van der Waals surface area contributed by atoms with Crippen molar-refractivity contribution in [3.8, 4) is 45.2 Å². The molecule has 6 aromatic carbocycles. The van der Waals surface area contributed by atoms with Gasteiger partial charge in [0.2, 0.25) is 0 Å². The molecule has 0 saturated heterocycles. The second kappa shape index (κ2) is 10.7. The van der Waals surface area contributed by atoms with Crippen LogP contribution in [0.3, 0.4) is 0 Å². The molecular formula is C42H26N4. The summed E-state index contributed by atoms with van der Waals surface area (Å²) < 4.78 is 0. The van der Waals surface area contributed by atoms with Gasteiger partial charge in [0.05, 0.1) is 28.1 Å². The van der Waals surface area contributed by atoms with E-state index < -0.39 is 0 Å². The first-order valence-electron chi connectivity index (χ1n) is 15.4. The highest BCUT2D eigenvalue weighted by atomic mass is 14.9. The zero-order chi connectivity index (χ0) is 30.5. The van der Waals surface area contributed by atoms with E-state index in [0.717, 1.165) is 66.5 Å². The van der Waals surface area contributed by atoms with Crippen molar-refractivity contribution >= 4 is 43.4 Å². The summed E-state index contributed by atoms with van der Waals surface area (Å²) in [5, 5.41) is 6.96. The number of pyridine rings is 2. The summed E-state index contributed by atoms with van der Waals surface area (Å²) in [5.41, 5.74) is 8.49. The van der Waals surface area contributed by atoms with Gasteiger partial charge in [-0.1, -0.05) is 127 Å². The molecule has 0 unspecified atom stereocenters. The highest BCUT2D eigenvalue weighted by molar-refractivity contribution is 6.32. The van der Waals surface area contributed by atoms with E-state index in [1.807, 2.05) is 48.7 Å². The average Bonchev–Trinajstić information content (AvgIpc) is 3.15. The molecule has 3 aromatic heterocycles. The van der Waals surface area contributed by atoms with E-state index in [-0.39, 0.29) is 0 Å². The fraction of sp³-hybridized carbons (Fsp3) is 0. The maximum Gasteiger partial charge on any atom is 0.160 e. The predicted molar refractivity (Wildman–Crippen MR) is 189 cm³/mol. The van der Waals surface area contributed by atoms with Gasteiger partial charge in [-0.3, -0.25) is 4.98 Å². The SMILES string of the molecule is c1ccc(-c2cc(-c3ccccc3)nc(-c3cccc(-c4nc5cccnc5c5c6ccccc6c6ccccc6c45)c3)n2)cc1. The van der Waals surface area contributed by atoms with E-state index >= 15 is 0 Å². The van der Waals surface area contributed by atoms with Gasteiger partial charge < -0.3 is 0 Å². The molecule has 0 radical (unpaired) electrons. The smallest absolute Gasteiger partial charge is 0.160 e. The monoisotopic (exact) mass is 586 g/mol. The molecule has 214 valence electrons. The molecule has 0 aliphatic rings. The minimum atomic E-state index is 0.670. The van der Waals surface area contributed by atoms with Gasteiger partial charge in [-0.05, 0) is 45.8 Å². The second-order valence-electron chi connectivity index (χ2n) is 11.4. The summed E-state index contributed by atoms with van der Waals surface area (Å²) in [6.45, 7) is 0. The van der Waals surface area contributed by atoms with Crippen molar-refractivity contribution in [3.63, 3.8) is 0 Å². The number of aromatic nitrogens is 4. The molecule has 46 heavy (non-hydrogen) atoms. The summed E-state index contributed by atoms with van der Waals surface area (Å²) in [4.78, 5) is 20.3. The molecule has 0 aliphatic heterocycles. The van der Waals surface area contributed by atoms with Crippen molar-refractivity contribution in [2.45, 2.75) is 0 Å². The number of hydrogen-bond acceptors (Lipinski definition) is 4. The largest absolute Gasteiger partial charge is 0.254 e. The normalized spacial score (nSPS) is 11.5. The van der Waals surface area contributed by atoms with Crippen LogP contribution in [0.25, 0.3) is 88.5 Å². The highest BCUT2D eigenvalue weighted by Gasteiger charge is 2.19. The molecule has 0 amide bonds. The third kappa shape index (κ3) is 4.31. The lowest BCUT2D eigenvalue weighted by atomic mass is 9.91. The lowest BCUT2D eigenvalue weighted by molar-refractivity contribution is 1.18. The van der Waals surface area contributed by atoms with E-state index in [1.165, 1.54) is 16.2 Å². The first-order chi connectivity index (χ1) is 22.8. The van der Waals surface area contributed by atoms with Crippen LogP contribution in [0.4, 0.5) is 0 Å². The van der Waals surface area contributed by atoms with Crippen molar-refractivity contribution in [3.05, 3.63) is 158 Å². The average molecular weight is 587 g/mol. The lowest BCUT2D eigenvalue weighted by Gasteiger charge is -2.16. The Kier molecular flexibility index (Phi) is 6.10. The van der Waals surface area contributed by atoms with Crippen molar-refractivity contribution in [1.29, 1.82) is 0 Å². The Bertz CT molecular complexity index is 2520. The number of fused-ring (bicyclic) bond motifs is 8. The highest BCUT2D eigenvalue weighted by Crippen LogP contribution is 2.42. The Morgan fingerprint density at radius 3 is 1.57 bits per heavy atom. The van der Waals surface area contributed by atoms with Crippen LogP contribution in [0.5, 0.6) is 0 Å². The number of nitrogens with zero attached hydrogens (tertiary/aromatic N) is 4. The summed E-state index contributed by atoms with van der Waals surface area (Å²) in [7, 11) is 0. The van der Waals surface area contributed by atoms with Crippen LogP contribution in [-0.4, -0.2) is 19.9 Å². The van der Waals surface area contributed by atoms with Crippen molar-refractivity contribution in [1.82, 2.24) is 19.9 Å². The number of hydrogen-bond donors (Lipinski definition) is 0. The molecule has 0 saturated carbocycles. The van der Waals surface area contributed by atoms with E-state index in [2.05, 4.69) is 109 Å². The fourth-order valence-electron chi connectivity index (χ4n) is 6.59. The van der Waals surface area contributed by atoms with E-state index in [0.29, 0.717) is 5.82 Å². The summed E-state index contributed by atoms with van der Waals surface area (Å²) >= 11 is 0. The lowest BCUT2D eigenvalue weighted by Crippen LogP contribution is -1.97. The van der Waals surface area contributed by atoms with Crippen LogP contribution >= 0.6 is 0 Å². The van der Waals surface area contributed by atoms with E-state index in [9.17, 15) is 0 Å². The van der Waals surface area contributed by atoms with Crippen LogP contribution in [-0.2, 0) is 0 Å². The van der Waals surface area contributed by atoms with Gasteiger partial charge in [-0.15, -0.1) is 0 Å². The minimum absolute atomic E-state index is 0.670. The molecular weight excluding hydrogens is 560 g/mol. The van der Waals surface area contributed by atoms with Gasteiger partial charge >= 0.3 is 0 Å². The molecule has 0 bridgehead atoms. The standard InChI is InChI=1S/C42H26N4/c1-3-13-27(14-4-1)36-26-37(28-15-5-2-6-16-28)46-42(45-36)30-18-11-17-29(25-30)40-38-33-21-9-7-19-31(33)32-20-8-10-22-34(32)39(38)41-35(44-40)23-12-24-43-41/h1-26H. The van der Waals surface area contributed by atoms with Gasteiger partial charge in [-0.2, -0.15) is 0 Å². The quantitative estimate of drug-likeness (QED) is 0.193. The number of rotatable bonds is 4. The Morgan fingerprint density at radius 1 is 0.370 bits per heavy atom. The summed E-state index contributed by atoms with van der Waals surface area (Å²) in [6, 6.07) is 52.3. The summed E-state index contributed by atoms with van der Waals surface area (Å²) in [5.74, 6) is 0.670. The van der Waals surface area contributed by atoms with Gasteiger partial charge in [-0.25, -0.2) is 15.0 Å². The van der Waals surface area contributed by atoms with Crippen LogP contribution < -0.4 is 0 Å². The number of benzene rings is 6. The van der Waals surface area contributed by atoms with Crippen molar-refractivity contribution in [2.75, 3.05) is 0 Å². The molecule has 9 rings (SSSR count). The topological polar surface area (TPSA) is 51.6 Å². The van der Waals surface area contributed by atoms with Crippen molar-refractivity contribution < 1.29 is 0 Å². The first kappa shape index (κ1) is 26.2. The summed E-state index contributed by atoms with van der Waals surface area (Å²) in [6.07, 6.45) is 1.86. The van der Waals surface area contributed by atoms with E-state index in [1.54, 1.807) is 0 Å². The van der Waals surface area contributed by atoms with Gasteiger partial charge in [0.1, 0.15) is 0 Å². The van der Waals surface area contributed by atoms with Gasteiger partial charge in [0.15, 0.2) is 5.82 Å². The first-order valence-corrected chi connectivity index (χ1v) is 15.4. The Balaban J connectivity index is 1.33. The van der Waals surface area contributed by atoms with Gasteiger partial charge in [0.25, 0.3) is 0 Å². The molecule has 4 heteroatoms. The van der Waals surface area contributed by atoms with E-state index in [4.69, 9.17) is 19.9 Å². The molecule has 3 heterocycles. The molecule has 9 aromatic rings. The Hall–Kier alpha value is -6.26. The minimum Gasteiger partial charge on any atom is -0.254 e. The third-order valence-electron chi connectivity index (χ3n) is 8.68. The molecule has 0 N–H and O–H groups in total. The molecule has 0 fully saturated rings. The zero-order valence-electron chi connectivity index (χ0n) is 24.8. The Morgan fingerprint density at radius 2 is 0.913 bits per heavy atom. The Labute approximate surface area is 265 Å². The zero-order valence-corrected chi connectivity index (χ0v) is 24.8. The second-order valence-corrected chi connectivity index (χ2v) is 11.4. The van der Waals surface area contributed by atoms with Crippen LogP contribution in [0.2, 0.25) is 0 Å². The maximum atomic E-state index is 5.29. The molecule has 0 atom stereocenters. The third-order valence-corrected chi connectivity index (χ3v) is 8.68. The van der Waals surface area contributed by atoms with Crippen LogP contribution in [0.1, 0.15) is 0 Å². The fourth-order valence-corrected chi connectivity index (χ4v) is 6.59. The van der Waals surface area contributed by atoms with Gasteiger partial charge in [0, 0.05) is 39.2 Å². The van der Waals surface area contributed by atoms with Crippen LogP contribution in [0.15, 0.2) is 158 Å². The van der Waals surface area contributed by atoms with Crippen molar-refractivity contribution in [2.24, 2.45) is 0 Å². The maximum absolute atomic E-state index is 5.29. The molecule has 0 aliphatic carbocycles. The molecule has 4 nitrogen and oxygen atoms in total. The van der Waals surface area contributed by atoms with Crippen LogP contribution in [0, 0.1) is 0 Å². The predicted octanol–water partition coefficient (Wildman–Crippen LogP) is 10.5. The molecule has 0 spiro atoms.